The molecule has 1 aromatic heterocycles. The lowest BCUT2D eigenvalue weighted by Crippen LogP contribution is -2.42. The molecule has 2 fully saturated rings. The zero-order valence-electron chi connectivity index (χ0n) is 13.4. The highest BCUT2D eigenvalue weighted by Gasteiger charge is 2.38. The van der Waals surface area contributed by atoms with Gasteiger partial charge in [0, 0.05) is 36.6 Å². The number of nitrogens with zero attached hydrogens (tertiary/aromatic N) is 3. The lowest BCUT2D eigenvalue weighted by molar-refractivity contribution is 0.0680. The summed E-state index contributed by atoms with van der Waals surface area (Å²) < 4.78 is 5.69. The van der Waals surface area contributed by atoms with E-state index in [2.05, 4.69) is 20.2 Å². The first-order chi connectivity index (χ1) is 11.8. The average molecular weight is 324 g/mol. The monoisotopic (exact) mass is 324 g/mol. The van der Waals surface area contributed by atoms with Crippen molar-refractivity contribution in [2.24, 2.45) is 0 Å². The Morgan fingerprint density at radius 2 is 2.12 bits per heavy atom. The summed E-state index contributed by atoms with van der Waals surface area (Å²) in [6, 6.07) is 7.95. The van der Waals surface area contributed by atoms with Crippen molar-refractivity contribution < 1.29 is 9.53 Å². The summed E-state index contributed by atoms with van der Waals surface area (Å²) in [6.07, 6.45) is 7.93. The summed E-state index contributed by atoms with van der Waals surface area (Å²) in [5, 5.41) is 3.43. The zero-order chi connectivity index (χ0) is 16.4. The summed E-state index contributed by atoms with van der Waals surface area (Å²) in [4.78, 5) is 23.2. The van der Waals surface area contributed by atoms with Crippen LogP contribution in [0.4, 0.5) is 0 Å². The molecule has 2 bridgehead atoms. The van der Waals surface area contributed by atoms with E-state index in [0.717, 1.165) is 32.4 Å². The fourth-order valence-corrected chi connectivity index (χ4v) is 3.61. The molecule has 0 spiro atoms. The van der Waals surface area contributed by atoms with Crippen LogP contribution in [0.2, 0.25) is 0 Å². The minimum absolute atomic E-state index is 0.0933. The molecule has 2 aliphatic rings. The quantitative estimate of drug-likeness (QED) is 0.938. The van der Waals surface area contributed by atoms with Crippen molar-refractivity contribution in [1.82, 2.24) is 20.2 Å². The molecular formula is C18H20N4O2. The maximum Gasteiger partial charge on any atom is 0.254 e. The fourth-order valence-electron chi connectivity index (χ4n) is 3.61. The summed E-state index contributed by atoms with van der Waals surface area (Å²) in [5.41, 5.74) is 0.662. The van der Waals surface area contributed by atoms with Crippen LogP contribution in [0, 0.1) is 0 Å². The van der Waals surface area contributed by atoms with Gasteiger partial charge < -0.3 is 15.0 Å². The average Bonchev–Trinajstić information content (AvgIpc) is 2.88. The molecule has 0 saturated carbocycles. The molecule has 6 heteroatoms. The molecule has 2 aromatic rings. The number of ether oxygens (including phenoxy) is 1. The number of hydrogen-bond acceptors (Lipinski definition) is 5. The summed E-state index contributed by atoms with van der Waals surface area (Å²) in [7, 11) is 0. The summed E-state index contributed by atoms with van der Waals surface area (Å²) in [5.74, 6) is 1.11. The molecule has 6 nitrogen and oxygen atoms in total. The fraction of sp³-hybridized carbons (Fsp3) is 0.389. The first kappa shape index (κ1) is 15.1. The Hall–Kier alpha value is -2.47. The van der Waals surface area contributed by atoms with E-state index in [1.165, 1.54) is 0 Å². The second-order valence-corrected chi connectivity index (χ2v) is 6.26. The number of aromatic nitrogens is 2. The molecule has 24 heavy (non-hydrogen) atoms. The van der Waals surface area contributed by atoms with Crippen LogP contribution < -0.4 is 10.1 Å². The third-order valence-electron chi connectivity index (χ3n) is 4.73. The van der Waals surface area contributed by atoms with Crippen molar-refractivity contribution in [3.8, 4) is 11.6 Å². The molecule has 2 saturated heterocycles. The van der Waals surface area contributed by atoms with Crippen LogP contribution >= 0.6 is 0 Å². The van der Waals surface area contributed by atoms with Crippen molar-refractivity contribution in [1.29, 1.82) is 0 Å². The van der Waals surface area contributed by atoms with Crippen LogP contribution in [0.3, 0.4) is 0 Å². The zero-order valence-corrected chi connectivity index (χ0v) is 13.4. The van der Waals surface area contributed by atoms with Crippen LogP contribution in [0.15, 0.2) is 42.9 Å². The number of carbonyl (C=O) groups is 1. The Morgan fingerprint density at radius 3 is 3.00 bits per heavy atom. The highest BCUT2D eigenvalue weighted by atomic mass is 16.5. The molecule has 3 heterocycles. The van der Waals surface area contributed by atoms with Crippen LogP contribution in [-0.2, 0) is 0 Å². The lowest BCUT2D eigenvalue weighted by atomic mass is 10.1. The van der Waals surface area contributed by atoms with E-state index < -0.39 is 0 Å². The molecule has 124 valence electrons. The van der Waals surface area contributed by atoms with Gasteiger partial charge in [-0.3, -0.25) is 9.78 Å². The number of hydrogen-bond donors (Lipinski definition) is 1. The van der Waals surface area contributed by atoms with Gasteiger partial charge in [-0.25, -0.2) is 4.98 Å². The van der Waals surface area contributed by atoms with Crippen LogP contribution in [0.1, 0.15) is 29.6 Å². The van der Waals surface area contributed by atoms with Crippen molar-refractivity contribution in [2.75, 3.05) is 13.1 Å². The van der Waals surface area contributed by atoms with Gasteiger partial charge >= 0.3 is 0 Å². The van der Waals surface area contributed by atoms with E-state index in [4.69, 9.17) is 4.74 Å². The van der Waals surface area contributed by atoms with Crippen LogP contribution in [-0.4, -0.2) is 45.9 Å². The van der Waals surface area contributed by atoms with E-state index in [9.17, 15) is 4.79 Å². The number of carbonyl (C=O) groups excluding carboxylic acids is 1. The first-order valence-corrected chi connectivity index (χ1v) is 8.38. The first-order valence-electron chi connectivity index (χ1n) is 8.38. The molecule has 0 aliphatic carbocycles. The molecule has 1 aromatic carbocycles. The molecule has 4 rings (SSSR count). The minimum atomic E-state index is 0.0933. The molecule has 2 aliphatic heterocycles. The predicted octanol–water partition coefficient (Wildman–Crippen LogP) is 2.24. The maximum absolute atomic E-state index is 13.0. The number of rotatable bonds is 3. The minimum Gasteiger partial charge on any atom is -0.437 e. The largest absolute Gasteiger partial charge is 0.437 e. The smallest absolute Gasteiger partial charge is 0.254 e. The molecule has 2 unspecified atom stereocenters. The topological polar surface area (TPSA) is 67.3 Å². The Labute approximate surface area is 140 Å². The van der Waals surface area contributed by atoms with Gasteiger partial charge in [0.25, 0.3) is 5.91 Å². The Balaban J connectivity index is 1.55. The molecule has 2 atom stereocenters. The van der Waals surface area contributed by atoms with Crippen LogP contribution in [0.25, 0.3) is 0 Å². The van der Waals surface area contributed by atoms with Gasteiger partial charge in [-0.1, -0.05) is 6.07 Å². The van der Waals surface area contributed by atoms with Gasteiger partial charge in [-0.2, -0.15) is 0 Å². The SMILES string of the molecule is O=C(c1cccc(Oc2cnccn2)c1)N1C2CCNCC1CC2. The third kappa shape index (κ3) is 2.97. The van der Waals surface area contributed by atoms with E-state index in [1.54, 1.807) is 24.7 Å². The number of amides is 1. The van der Waals surface area contributed by atoms with Crippen molar-refractivity contribution >= 4 is 5.91 Å². The van der Waals surface area contributed by atoms with Gasteiger partial charge in [-0.05, 0) is 44.0 Å². The van der Waals surface area contributed by atoms with E-state index in [0.29, 0.717) is 29.3 Å². The highest BCUT2D eigenvalue weighted by Crippen LogP contribution is 2.30. The van der Waals surface area contributed by atoms with E-state index in [-0.39, 0.29) is 5.91 Å². The molecule has 1 N–H and O–H groups in total. The van der Waals surface area contributed by atoms with Gasteiger partial charge in [0.05, 0.1) is 6.20 Å². The number of fused-ring (bicyclic) bond motifs is 2. The Bertz CT molecular complexity index is 708. The molecule has 0 radical (unpaired) electrons. The van der Waals surface area contributed by atoms with Gasteiger partial charge in [0.1, 0.15) is 5.75 Å². The van der Waals surface area contributed by atoms with Gasteiger partial charge in [-0.15, -0.1) is 0 Å². The number of benzene rings is 1. The van der Waals surface area contributed by atoms with Crippen molar-refractivity contribution in [2.45, 2.75) is 31.3 Å². The predicted molar refractivity (Wildman–Crippen MR) is 89.0 cm³/mol. The van der Waals surface area contributed by atoms with E-state index >= 15 is 0 Å². The number of nitrogens with one attached hydrogen (secondary N) is 1. The second kappa shape index (κ2) is 6.57. The highest BCUT2D eigenvalue weighted by molar-refractivity contribution is 5.95. The normalized spacial score (nSPS) is 22.9. The maximum atomic E-state index is 13.0. The lowest BCUT2D eigenvalue weighted by Gasteiger charge is -2.28. The Kier molecular flexibility index (Phi) is 4.13. The third-order valence-corrected chi connectivity index (χ3v) is 4.73. The molecule has 1 amide bonds. The van der Waals surface area contributed by atoms with E-state index in [1.807, 2.05) is 18.2 Å². The van der Waals surface area contributed by atoms with Gasteiger partial charge in [0.15, 0.2) is 0 Å². The van der Waals surface area contributed by atoms with Crippen LogP contribution in [0.5, 0.6) is 11.6 Å². The summed E-state index contributed by atoms with van der Waals surface area (Å²) in [6.45, 7) is 1.87. The molecular weight excluding hydrogens is 304 g/mol. The van der Waals surface area contributed by atoms with Crippen molar-refractivity contribution in [3.63, 3.8) is 0 Å². The standard InChI is InChI=1S/C18H20N4O2/c23-18(22-14-4-5-15(22)11-19-7-6-14)13-2-1-3-16(10-13)24-17-12-20-8-9-21-17/h1-3,8-10,12,14-15,19H,4-7,11H2. The summed E-state index contributed by atoms with van der Waals surface area (Å²) >= 11 is 0. The van der Waals surface area contributed by atoms with Crippen molar-refractivity contribution in [3.05, 3.63) is 48.4 Å². The second-order valence-electron chi connectivity index (χ2n) is 6.26. The Morgan fingerprint density at radius 1 is 1.21 bits per heavy atom. The van der Waals surface area contributed by atoms with Gasteiger partial charge in [0.2, 0.25) is 5.88 Å².